The molecule has 1 aliphatic rings. The zero-order valence-corrected chi connectivity index (χ0v) is 11.3. The molecule has 0 atom stereocenters. The average molecular weight is 244 g/mol. The van der Waals surface area contributed by atoms with Crippen LogP contribution in [0.5, 0.6) is 0 Å². The van der Waals surface area contributed by atoms with E-state index in [0.717, 1.165) is 12.8 Å². The maximum Gasteiger partial charge on any atom is 0.227 e. The van der Waals surface area contributed by atoms with Gasteiger partial charge in [0.25, 0.3) is 0 Å². The van der Waals surface area contributed by atoms with Crippen LogP contribution in [0.3, 0.4) is 0 Å². The van der Waals surface area contributed by atoms with E-state index in [1.54, 1.807) is 0 Å². The van der Waals surface area contributed by atoms with E-state index in [0.29, 0.717) is 17.9 Å². The van der Waals surface area contributed by atoms with E-state index < -0.39 is 0 Å². The van der Waals surface area contributed by atoms with E-state index in [-0.39, 0.29) is 11.2 Å². The Kier molecular flexibility index (Phi) is 3.55. The fourth-order valence-electron chi connectivity index (χ4n) is 1.98. The van der Waals surface area contributed by atoms with Crippen molar-refractivity contribution in [1.29, 1.82) is 0 Å². The normalized spacial score (nSPS) is 15.8. The molecular weight excluding hydrogens is 224 g/mol. The van der Waals surface area contributed by atoms with Crippen molar-refractivity contribution in [3.05, 3.63) is 47.2 Å². The number of carbonyl (C=O) groups is 1. The predicted molar refractivity (Wildman–Crippen MR) is 72.7 cm³/mol. The second kappa shape index (κ2) is 4.97. The van der Waals surface area contributed by atoms with Crippen LogP contribution in [0.25, 0.3) is 0 Å². The molecule has 2 nitrogen and oxygen atoms in total. The van der Waals surface area contributed by atoms with Gasteiger partial charge in [0.1, 0.15) is 0 Å². The van der Waals surface area contributed by atoms with Gasteiger partial charge in [0.2, 0.25) is 5.78 Å². The van der Waals surface area contributed by atoms with Crippen molar-refractivity contribution in [2.45, 2.75) is 39.0 Å². The summed E-state index contributed by atoms with van der Waals surface area (Å²) in [6, 6.07) is 7.83. The predicted octanol–water partition coefficient (Wildman–Crippen LogP) is 3.86. The molecule has 1 aromatic rings. The monoisotopic (exact) mass is 244 g/mol. The first-order chi connectivity index (χ1) is 8.48. The van der Waals surface area contributed by atoms with Gasteiger partial charge in [-0.2, -0.15) is 0 Å². The lowest BCUT2D eigenvalue weighted by molar-refractivity contribution is 0.0899. The van der Waals surface area contributed by atoms with Crippen molar-refractivity contribution in [2.75, 3.05) is 6.61 Å². The summed E-state index contributed by atoms with van der Waals surface area (Å²) >= 11 is 0. The highest BCUT2D eigenvalue weighted by molar-refractivity contribution is 6.07. The van der Waals surface area contributed by atoms with Crippen LogP contribution in [-0.4, -0.2) is 12.4 Å². The van der Waals surface area contributed by atoms with Crippen LogP contribution >= 0.6 is 0 Å². The highest BCUT2D eigenvalue weighted by Gasteiger charge is 2.18. The third-order valence-electron chi connectivity index (χ3n) is 3.17. The Hall–Kier alpha value is -1.57. The van der Waals surface area contributed by atoms with Gasteiger partial charge < -0.3 is 4.74 Å². The number of ketones is 1. The minimum Gasteiger partial charge on any atom is -0.490 e. The van der Waals surface area contributed by atoms with Crippen LogP contribution in [0.4, 0.5) is 0 Å². The Balaban J connectivity index is 2.19. The van der Waals surface area contributed by atoms with Crippen molar-refractivity contribution >= 4 is 5.78 Å². The molecule has 2 rings (SSSR count). The first-order valence-corrected chi connectivity index (χ1v) is 6.47. The minimum absolute atomic E-state index is 0.00448. The molecule has 0 N–H and O–H groups in total. The molecule has 0 saturated heterocycles. The van der Waals surface area contributed by atoms with Gasteiger partial charge >= 0.3 is 0 Å². The summed E-state index contributed by atoms with van der Waals surface area (Å²) in [5.41, 5.74) is 2.05. The van der Waals surface area contributed by atoms with E-state index in [4.69, 9.17) is 4.74 Å². The lowest BCUT2D eigenvalue weighted by Gasteiger charge is -2.19. The van der Waals surface area contributed by atoms with Gasteiger partial charge in [0.15, 0.2) is 5.76 Å². The average Bonchev–Trinajstić information content (AvgIpc) is 2.38. The quantitative estimate of drug-likeness (QED) is 0.738. The van der Waals surface area contributed by atoms with Gasteiger partial charge in [0, 0.05) is 5.56 Å². The number of benzene rings is 1. The van der Waals surface area contributed by atoms with Gasteiger partial charge in [-0.25, -0.2) is 0 Å². The SMILES string of the molecule is CC(C)(C)c1ccc(C(=O)C2=CCCCO2)cc1. The Morgan fingerprint density at radius 3 is 2.33 bits per heavy atom. The summed E-state index contributed by atoms with van der Waals surface area (Å²) in [4.78, 5) is 12.2. The van der Waals surface area contributed by atoms with Gasteiger partial charge in [-0.05, 0) is 29.9 Å². The van der Waals surface area contributed by atoms with Crippen LogP contribution in [0.2, 0.25) is 0 Å². The summed E-state index contributed by atoms with van der Waals surface area (Å²) in [6.45, 7) is 7.14. The fourth-order valence-corrected chi connectivity index (χ4v) is 1.98. The molecule has 1 heterocycles. The Morgan fingerprint density at radius 1 is 1.17 bits per heavy atom. The number of allylic oxidation sites excluding steroid dienone is 2. The number of carbonyl (C=O) groups excluding carboxylic acids is 1. The molecule has 1 aromatic carbocycles. The Morgan fingerprint density at radius 2 is 1.83 bits per heavy atom. The maximum absolute atomic E-state index is 12.2. The van der Waals surface area contributed by atoms with Crippen LogP contribution in [0, 0.1) is 0 Å². The molecule has 18 heavy (non-hydrogen) atoms. The third-order valence-corrected chi connectivity index (χ3v) is 3.17. The molecule has 0 amide bonds. The van der Waals surface area contributed by atoms with Gasteiger partial charge in [-0.1, -0.05) is 45.0 Å². The first-order valence-electron chi connectivity index (χ1n) is 6.47. The van der Waals surface area contributed by atoms with E-state index in [9.17, 15) is 4.79 Å². The summed E-state index contributed by atoms with van der Waals surface area (Å²) in [5, 5.41) is 0. The molecule has 0 bridgehead atoms. The van der Waals surface area contributed by atoms with E-state index >= 15 is 0 Å². The molecular formula is C16H20O2. The van der Waals surface area contributed by atoms with Crippen LogP contribution in [0.1, 0.15) is 49.5 Å². The van der Waals surface area contributed by atoms with Crippen molar-refractivity contribution in [2.24, 2.45) is 0 Å². The van der Waals surface area contributed by atoms with Crippen molar-refractivity contribution in [1.82, 2.24) is 0 Å². The standard InChI is InChI=1S/C16H20O2/c1-16(2,3)13-9-7-12(8-10-13)15(17)14-6-4-5-11-18-14/h6-10H,4-5,11H2,1-3H3. The fraction of sp³-hybridized carbons (Fsp3) is 0.438. The van der Waals surface area contributed by atoms with Crippen molar-refractivity contribution in [3.63, 3.8) is 0 Å². The third kappa shape index (κ3) is 2.81. The molecule has 1 aliphatic heterocycles. The highest BCUT2D eigenvalue weighted by Crippen LogP contribution is 2.23. The van der Waals surface area contributed by atoms with Crippen LogP contribution < -0.4 is 0 Å². The van der Waals surface area contributed by atoms with Gasteiger partial charge in [0.05, 0.1) is 6.61 Å². The highest BCUT2D eigenvalue weighted by atomic mass is 16.5. The molecule has 0 aromatic heterocycles. The summed E-state index contributed by atoms with van der Waals surface area (Å²) in [6.07, 6.45) is 3.82. The van der Waals surface area contributed by atoms with E-state index in [1.807, 2.05) is 30.3 Å². The lowest BCUT2D eigenvalue weighted by atomic mass is 9.86. The second-order valence-electron chi connectivity index (χ2n) is 5.72. The molecule has 0 saturated carbocycles. The molecule has 0 aliphatic carbocycles. The van der Waals surface area contributed by atoms with Crippen molar-refractivity contribution < 1.29 is 9.53 Å². The number of ether oxygens (including phenoxy) is 1. The lowest BCUT2D eigenvalue weighted by Crippen LogP contribution is -2.13. The van der Waals surface area contributed by atoms with Gasteiger partial charge in [-0.15, -0.1) is 0 Å². The Bertz CT molecular complexity index is 461. The summed E-state index contributed by atoms with van der Waals surface area (Å²) in [5.74, 6) is 0.500. The van der Waals surface area contributed by atoms with E-state index in [1.165, 1.54) is 5.56 Å². The molecule has 2 heteroatoms. The van der Waals surface area contributed by atoms with Crippen LogP contribution in [-0.2, 0) is 10.2 Å². The maximum atomic E-state index is 12.2. The number of Topliss-reactive ketones (excluding diaryl/α,β-unsaturated/α-hetero) is 1. The molecule has 0 radical (unpaired) electrons. The topological polar surface area (TPSA) is 26.3 Å². The van der Waals surface area contributed by atoms with Gasteiger partial charge in [-0.3, -0.25) is 4.79 Å². The molecule has 96 valence electrons. The Labute approximate surface area is 109 Å². The zero-order valence-electron chi connectivity index (χ0n) is 11.3. The van der Waals surface area contributed by atoms with Crippen LogP contribution in [0.15, 0.2) is 36.1 Å². The number of hydrogen-bond donors (Lipinski definition) is 0. The number of hydrogen-bond acceptors (Lipinski definition) is 2. The largest absolute Gasteiger partial charge is 0.490 e. The minimum atomic E-state index is -0.00448. The van der Waals surface area contributed by atoms with E-state index in [2.05, 4.69) is 20.8 Å². The molecule has 0 unspecified atom stereocenters. The molecule has 0 fully saturated rings. The van der Waals surface area contributed by atoms with Crippen molar-refractivity contribution in [3.8, 4) is 0 Å². The summed E-state index contributed by atoms with van der Waals surface area (Å²) < 4.78 is 5.40. The number of rotatable bonds is 2. The zero-order chi connectivity index (χ0) is 13.2. The summed E-state index contributed by atoms with van der Waals surface area (Å²) in [7, 11) is 0. The second-order valence-corrected chi connectivity index (χ2v) is 5.72. The first kappa shape index (κ1) is 12.9. The molecule has 0 spiro atoms. The smallest absolute Gasteiger partial charge is 0.227 e.